The Hall–Kier alpha value is -2.37. The Morgan fingerprint density at radius 1 is 1.18 bits per heavy atom. The van der Waals surface area contributed by atoms with Gasteiger partial charge in [-0.25, -0.2) is 0 Å². The average molecular weight is 305 g/mol. The number of piperidine rings is 1. The highest BCUT2D eigenvalue weighted by atomic mass is 16.5. The maximum atomic E-state index is 12.3. The second kappa shape index (κ2) is 6.60. The topological polar surface area (TPSA) is 83.9 Å². The quantitative estimate of drug-likeness (QED) is 0.674. The number of amides is 1. The van der Waals surface area contributed by atoms with Crippen LogP contribution in [0.25, 0.3) is 0 Å². The summed E-state index contributed by atoms with van der Waals surface area (Å²) in [4.78, 5) is 37.5. The van der Waals surface area contributed by atoms with Gasteiger partial charge in [-0.2, -0.15) is 0 Å². The van der Waals surface area contributed by atoms with Gasteiger partial charge < -0.3 is 14.7 Å². The molecule has 1 aromatic carbocycles. The van der Waals surface area contributed by atoms with Gasteiger partial charge in [-0.15, -0.1) is 0 Å². The first-order valence-corrected chi connectivity index (χ1v) is 7.26. The first-order chi connectivity index (χ1) is 10.5. The maximum absolute atomic E-state index is 12.3. The molecule has 1 amide bonds. The molecule has 1 saturated heterocycles. The number of nitrogens with zero attached hydrogens (tertiary/aromatic N) is 1. The van der Waals surface area contributed by atoms with Gasteiger partial charge in [-0.05, 0) is 31.9 Å². The number of carbonyl (C=O) groups excluding carboxylic acids is 2. The molecule has 0 radical (unpaired) electrons. The van der Waals surface area contributed by atoms with E-state index in [-0.39, 0.29) is 38.4 Å². The van der Waals surface area contributed by atoms with Gasteiger partial charge in [0.2, 0.25) is 0 Å². The number of hydrogen-bond acceptors (Lipinski definition) is 4. The molecule has 1 aliphatic heterocycles. The SMILES string of the molecule is CCOC(=O)C1(C(=O)O)CCN(C(=O)c2ccccc2)CC1. The Bertz CT molecular complexity index is 561. The van der Waals surface area contributed by atoms with Gasteiger partial charge in [0.05, 0.1) is 6.61 Å². The van der Waals surface area contributed by atoms with E-state index in [1.54, 1.807) is 36.1 Å². The number of carboxylic acids is 1. The van der Waals surface area contributed by atoms with Crippen molar-refractivity contribution in [2.75, 3.05) is 19.7 Å². The van der Waals surface area contributed by atoms with Crippen molar-refractivity contribution < 1.29 is 24.2 Å². The summed E-state index contributed by atoms with van der Waals surface area (Å²) in [7, 11) is 0. The Labute approximate surface area is 128 Å². The Balaban J connectivity index is 2.09. The highest BCUT2D eigenvalue weighted by molar-refractivity contribution is 6.00. The number of ether oxygens (including phenoxy) is 1. The van der Waals surface area contributed by atoms with Crippen molar-refractivity contribution in [3.05, 3.63) is 35.9 Å². The Morgan fingerprint density at radius 3 is 2.27 bits per heavy atom. The lowest BCUT2D eigenvalue weighted by atomic mass is 9.78. The molecule has 0 unspecified atom stereocenters. The van der Waals surface area contributed by atoms with E-state index in [2.05, 4.69) is 0 Å². The molecular weight excluding hydrogens is 286 g/mol. The molecule has 1 heterocycles. The van der Waals surface area contributed by atoms with Crippen molar-refractivity contribution in [3.8, 4) is 0 Å². The van der Waals surface area contributed by atoms with Crippen molar-refractivity contribution in [3.63, 3.8) is 0 Å². The molecule has 6 heteroatoms. The molecular formula is C16H19NO5. The molecule has 1 aromatic rings. The molecule has 118 valence electrons. The fraction of sp³-hybridized carbons (Fsp3) is 0.438. The predicted octanol–water partition coefficient (Wildman–Crippen LogP) is 1.56. The number of carboxylic acid groups (broad SMARTS) is 1. The lowest BCUT2D eigenvalue weighted by molar-refractivity contribution is -0.172. The van der Waals surface area contributed by atoms with Gasteiger partial charge in [-0.3, -0.25) is 14.4 Å². The summed E-state index contributed by atoms with van der Waals surface area (Å²) in [5.41, 5.74) is -0.981. The Morgan fingerprint density at radius 2 is 1.77 bits per heavy atom. The summed E-state index contributed by atoms with van der Waals surface area (Å²) in [6.07, 6.45) is 0.138. The summed E-state index contributed by atoms with van der Waals surface area (Å²) >= 11 is 0. The van der Waals surface area contributed by atoms with Crippen LogP contribution in [0.4, 0.5) is 0 Å². The van der Waals surface area contributed by atoms with E-state index < -0.39 is 17.4 Å². The van der Waals surface area contributed by atoms with E-state index in [0.717, 1.165) is 0 Å². The van der Waals surface area contributed by atoms with Gasteiger partial charge in [-0.1, -0.05) is 18.2 Å². The first-order valence-electron chi connectivity index (χ1n) is 7.26. The van der Waals surface area contributed by atoms with Crippen LogP contribution in [-0.4, -0.2) is 47.5 Å². The van der Waals surface area contributed by atoms with Gasteiger partial charge in [0.15, 0.2) is 5.41 Å². The number of carbonyl (C=O) groups is 3. The zero-order valence-corrected chi connectivity index (χ0v) is 12.4. The Kier molecular flexibility index (Phi) is 4.80. The molecule has 0 bridgehead atoms. The number of hydrogen-bond donors (Lipinski definition) is 1. The van der Waals surface area contributed by atoms with E-state index in [0.29, 0.717) is 5.56 Å². The van der Waals surface area contributed by atoms with Crippen LogP contribution in [0, 0.1) is 5.41 Å². The van der Waals surface area contributed by atoms with Crippen LogP contribution >= 0.6 is 0 Å². The largest absolute Gasteiger partial charge is 0.480 e. The predicted molar refractivity (Wildman–Crippen MR) is 78.3 cm³/mol. The smallest absolute Gasteiger partial charge is 0.323 e. The molecule has 1 N–H and O–H groups in total. The zero-order chi connectivity index (χ0) is 16.2. The standard InChI is InChI=1S/C16H19NO5/c1-2-22-15(21)16(14(19)20)8-10-17(11-9-16)13(18)12-6-4-3-5-7-12/h3-7H,2,8-11H2,1H3,(H,19,20). The normalized spacial score (nSPS) is 16.9. The first kappa shape index (κ1) is 16.0. The molecule has 6 nitrogen and oxygen atoms in total. The number of benzene rings is 1. The third-order valence-electron chi connectivity index (χ3n) is 4.00. The van der Waals surface area contributed by atoms with E-state index in [1.165, 1.54) is 0 Å². The lowest BCUT2D eigenvalue weighted by Gasteiger charge is -2.37. The van der Waals surface area contributed by atoms with Crippen LogP contribution in [0.1, 0.15) is 30.1 Å². The summed E-state index contributed by atoms with van der Waals surface area (Å²) < 4.78 is 4.90. The van der Waals surface area contributed by atoms with Crippen molar-refractivity contribution in [2.45, 2.75) is 19.8 Å². The van der Waals surface area contributed by atoms with E-state index in [9.17, 15) is 19.5 Å². The highest BCUT2D eigenvalue weighted by Crippen LogP contribution is 2.34. The summed E-state index contributed by atoms with van der Waals surface area (Å²) in [6.45, 7) is 2.22. The average Bonchev–Trinajstić information content (AvgIpc) is 2.55. The van der Waals surface area contributed by atoms with Crippen molar-refractivity contribution >= 4 is 17.8 Å². The van der Waals surface area contributed by atoms with E-state index in [1.807, 2.05) is 6.07 Å². The van der Waals surface area contributed by atoms with Crippen LogP contribution in [0.2, 0.25) is 0 Å². The van der Waals surface area contributed by atoms with E-state index >= 15 is 0 Å². The minimum Gasteiger partial charge on any atom is -0.480 e. The molecule has 22 heavy (non-hydrogen) atoms. The van der Waals surface area contributed by atoms with Gasteiger partial charge in [0, 0.05) is 18.7 Å². The third kappa shape index (κ3) is 2.95. The van der Waals surface area contributed by atoms with Crippen LogP contribution in [0.15, 0.2) is 30.3 Å². The molecule has 0 saturated carbocycles. The summed E-state index contributed by atoms with van der Waals surface area (Å²) in [5.74, 6) is -2.05. The van der Waals surface area contributed by atoms with Crippen molar-refractivity contribution in [1.29, 1.82) is 0 Å². The van der Waals surface area contributed by atoms with Gasteiger partial charge >= 0.3 is 11.9 Å². The molecule has 2 rings (SSSR count). The number of likely N-dealkylation sites (tertiary alicyclic amines) is 1. The zero-order valence-electron chi connectivity index (χ0n) is 12.4. The maximum Gasteiger partial charge on any atom is 0.323 e. The minimum absolute atomic E-state index is 0.0692. The van der Waals surface area contributed by atoms with Crippen molar-refractivity contribution in [2.24, 2.45) is 5.41 Å². The molecule has 0 spiro atoms. The fourth-order valence-corrected chi connectivity index (χ4v) is 2.63. The third-order valence-corrected chi connectivity index (χ3v) is 4.00. The number of aliphatic carboxylic acids is 1. The van der Waals surface area contributed by atoms with Gasteiger partial charge in [0.1, 0.15) is 0 Å². The van der Waals surface area contributed by atoms with Crippen LogP contribution in [0.3, 0.4) is 0 Å². The van der Waals surface area contributed by atoms with Gasteiger partial charge in [0.25, 0.3) is 5.91 Å². The minimum atomic E-state index is -1.54. The summed E-state index contributed by atoms with van der Waals surface area (Å²) in [6, 6.07) is 8.80. The molecule has 0 aliphatic carbocycles. The van der Waals surface area contributed by atoms with Crippen LogP contribution < -0.4 is 0 Å². The van der Waals surface area contributed by atoms with Crippen molar-refractivity contribution in [1.82, 2.24) is 4.90 Å². The van der Waals surface area contributed by atoms with Crippen LogP contribution in [-0.2, 0) is 14.3 Å². The summed E-state index contributed by atoms with van der Waals surface area (Å²) in [5, 5.41) is 9.42. The molecule has 0 aromatic heterocycles. The molecule has 1 fully saturated rings. The van der Waals surface area contributed by atoms with Crippen LogP contribution in [0.5, 0.6) is 0 Å². The monoisotopic (exact) mass is 305 g/mol. The lowest BCUT2D eigenvalue weighted by Crippen LogP contribution is -2.51. The number of esters is 1. The number of rotatable bonds is 4. The molecule has 1 aliphatic rings. The highest BCUT2D eigenvalue weighted by Gasteiger charge is 2.50. The molecule has 0 atom stereocenters. The van der Waals surface area contributed by atoms with E-state index in [4.69, 9.17) is 4.74 Å². The second-order valence-corrected chi connectivity index (χ2v) is 5.27. The second-order valence-electron chi connectivity index (χ2n) is 5.27. The fourth-order valence-electron chi connectivity index (χ4n) is 2.63.